The minimum absolute atomic E-state index is 0.449. The van der Waals surface area contributed by atoms with Crippen molar-refractivity contribution in [2.75, 3.05) is 30.0 Å². The number of nitrogen functional groups attached to an aromatic ring is 1. The molecular weight excluding hydrogens is 214 g/mol. The van der Waals surface area contributed by atoms with Crippen LogP contribution in [0, 0.1) is 0 Å². The molecule has 17 heavy (non-hydrogen) atoms. The van der Waals surface area contributed by atoms with Crippen molar-refractivity contribution in [2.24, 2.45) is 0 Å². The van der Waals surface area contributed by atoms with Gasteiger partial charge in [-0.1, -0.05) is 12.1 Å². The molecule has 0 aliphatic heterocycles. The van der Waals surface area contributed by atoms with Gasteiger partial charge in [-0.25, -0.2) is 4.98 Å². The summed E-state index contributed by atoms with van der Waals surface area (Å²) in [6, 6.07) is 9.60. The van der Waals surface area contributed by atoms with E-state index < -0.39 is 0 Å². The summed E-state index contributed by atoms with van der Waals surface area (Å²) in [5.41, 5.74) is 7.62. The average molecular weight is 229 g/mol. The highest BCUT2D eigenvalue weighted by atomic mass is 15.1. The van der Waals surface area contributed by atoms with Crippen molar-refractivity contribution < 1.29 is 0 Å². The maximum Gasteiger partial charge on any atom is 0.229 e. The Bertz CT molecular complexity index is 510. The third-order valence-corrected chi connectivity index (χ3v) is 2.31. The van der Waals surface area contributed by atoms with Crippen LogP contribution >= 0.6 is 0 Å². The van der Waals surface area contributed by atoms with E-state index in [0.29, 0.717) is 11.8 Å². The van der Waals surface area contributed by atoms with Crippen molar-refractivity contribution in [3.8, 4) is 0 Å². The molecule has 0 atom stereocenters. The molecule has 0 radical (unpaired) electrons. The van der Waals surface area contributed by atoms with Crippen molar-refractivity contribution in [2.45, 2.75) is 0 Å². The first kappa shape index (κ1) is 11.2. The Morgan fingerprint density at radius 1 is 1.18 bits per heavy atom. The second-order valence-corrected chi connectivity index (χ2v) is 3.84. The second-order valence-electron chi connectivity index (χ2n) is 3.84. The molecule has 5 heteroatoms. The van der Waals surface area contributed by atoms with Crippen LogP contribution in [0.15, 0.2) is 36.5 Å². The Kier molecular flexibility index (Phi) is 3.09. The Balaban J connectivity index is 2.30. The molecule has 2 aromatic rings. The van der Waals surface area contributed by atoms with Crippen LogP contribution < -0.4 is 16.0 Å². The Morgan fingerprint density at radius 3 is 2.65 bits per heavy atom. The summed E-state index contributed by atoms with van der Waals surface area (Å²) in [7, 11) is 3.97. The number of hydrogen-bond acceptors (Lipinski definition) is 5. The number of nitrogens with one attached hydrogen (secondary N) is 1. The summed E-state index contributed by atoms with van der Waals surface area (Å²) in [5.74, 6) is 0.948. The highest BCUT2D eigenvalue weighted by Crippen LogP contribution is 2.25. The molecule has 0 aliphatic rings. The zero-order valence-corrected chi connectivity index (χ0v) is 9.88. The normalized spacial score (nSPS) is 10.0. The highest BCUT2D eigenvalue weighted by molar-refractivity contribution is 5.73. The molecule has 0 unspecified atom stereocenters. The molecule has 0 saturated heterocycles. The van der Waals surface area contributed by atoms with Crippen LogP contribution in [0.25, 0.3) is 0 Å². The molecule has 0 bridgehead atoms. The monoisotopic (exact) mass is 229 g/mol. The van der Waals surface area contributed by atoms with Crippen LogP contribution in [0.1, 0.15) is 0 Å². The van der Waals surface area contributed by atoms with Gasteiger partial charge in [-0.15, -0.1) is 0 Å². The molecule has 88 valence electrons. The van der Waals surface area contributed by atoms with Crippen LogP contribution in [0.4, 0.5) is 23.1 Å². The standard InChI is InChI=1S/C12H15N5/c1-17(2)10-6-4-3-5-9(10)15-12-14-8-7-11(13)16-12/h3-8H,1-2H3,(H3,13,14,15,16). The Hall–Kier alpha value is -2.30. The van der Waals surface area contributed by atoms with E-state index in [0.717, 1.165) is 11.4 Å². The number of para-hydroxylation sites is 2. The fraction of sp³-hybridized carbons (Fsp3) is 0.167. The first-order valence-corrected chi connectivity index (χ1v) is 5.29. The summed E-state index contributed by atoms with van der Waals surface area (Å²) >= 11 is 0. The first-order chi connectivity index (χ1) is 8.16. The minimum atomic E-state index is 0.449. The average Bonchev–Trinajstić information content (AvgIpc) is 2.29. The van der Waals surface area contributed by atoms with Crippen LogP contribution in [0.5, 0.6) is 0 Å². The van der Waals surface area contributed by atoms with Gasteiger partial charge >= 0.3 is 0 Å². The minimum Gasteiger partial charge on any atom is -0.384 e. The van der Waals surface area contributed by atoms with Gasteiger partial charge in [0, 0.05) is 20.3 Å². The molecule has 0 amide bonds. The molecular formula is C12H15N5. The highest BCUT2D eigenvalue weighted by Gasteiger charge is 2.05. The summed E-state index contributed by atoms with van der Waals surface area (Å²) in [4.78, 5) is 10.2. The van der Waals surface area contributed by atoms with Crippen molar-refractivity contribution in [3.05, 3.63) is 36.5 Å². The van der Waals surface area contributed by atoms with Gasteiger partial charge in [0.05, 0.1) is 11.4 Å². The van der Waals surface area contributed by atoms with Crippen LogP contribution in [0.2, 0.25) is 0 Å². The number of benzene rings is 1. The molecule has 2 rings (SSSR count). The lowest BCUT2D eigenvalue weighted by atomic mass is 10.2. The lowest BCUT2D eigenvalue weighted by Gasteiger charge is -2.17. The Morgan fingerprint density at radius 2 is 1.94 bits per heavy atom. The van der Waals surface area contributed by atoms with Gasteiger partial charge in [0.2, 0.25) is 5.95 Å². The van der Waals surface area contributed by atoms with E-state index in [2.05, 4.69) is 15.3 Å². The largest absolute Gasteiger partial charge is 0.384 e. The third kappa shape index (κ3) is 2.63. The maximum atomic E-state index is 5.61. The summed E-state index contributed by atoms with van der Waals surface area (Å²) in [6.45, 7) is 0. The number of nitrogens with zero attached hydrogens (tertiary/aromatic N) is 3. The SMILES string of the molecule is CN(C)c1ccccc1Nc1nccc(N)n1. The fourth-order valence-electron chi connectivity index (χ4n) is 1.52. The van der Waals surface area contributed by atoms with E-state index in [-0.39, 0.29) is 0 Å². The van der Waals surface area contributed by atoms with Gasteiger partial charge in [-0.3, -0.25) is 0 Å². The van der Waals surface area contributed by atoms with Crippen LogP contribution in [-0.2, 0) is 0 Å². The fourth-order valence-corrected chi connectivity index (χ4v) is 1.52. The molecule has 0 aliphatic carbocycles. The zero-order valence-electron chi connectivity index (χ0n) is 9.88. The second kappa shape index (κ2) is 4.69. The molecule has 1 heterocycles. The number of anilines is 4. The lowest BCUT2D eigenvalue weighted by Crippen LogP contribution is -2.11. The van der Waals surface area contributed by atoms with E-state index in [9.17, 15) is 0 Å². The van der Waals surface area contributed by atoms with Gasteiger partial charge < -0.3 is 16.0 Å². The van der Waals surface area contributed by atoms with Crippen molar-refractivity contribution in [1.29, 1.82) is 0 Å². The quantitative estimate of drug-likeness (QED) is 0.841. The van der Waals surface area contributed by atoms with Crippen molar-refractivity contribution in [1.82, 2.24) is 9.97 Å². The van der Waals surface area contributed by atoms with Crippen LogP contribution in [-0.4, -0.2) is 24.1 Å². The van der Waals surface area contributed by atoms with E-state index in [1.807, 2.05) is 43.3 Å². The van der Waals surface area contributed by atoms with Gasteiger partial charge in [0.15, 0.2) is 0 Å². The topological polar surface area (TPSA) is 67.1 Å². The number of aromatic nitrogens is 2. The number of rotatable bonds is 3. The molecule has 0 saturated carbocycles. The van der Waals surface area contributed by atoms with Gasteiger partial charge in [-0.05, 0) is 18.2 Å². The van der Waals surface area contributed by atoms with E-state index in [1.165, 1.54) is 0 Å². The zero-order chi connectivity index (χ0) is 12.3. The summed E-state index contributed by atoms with van der Waals surface area (Å²) in [5, 5.41) is 3.15. The predicted octanol–water partition coefficient (Wildman–Crippen LogP) is 1.87. The van der Waals surface area contributed by atoms with Gasteiger partial charge in [0.1, 0.15) is 5.82 Å². The molecule has 0 fully saturated rings. The van der Waals surface area contributed by atoms with E-state index in [1.54, 1.807) is 12.3 Å². The molecule has 1 aromatic heterocycles. The lowest BCUT2D eigenvalue weighted by molar-refractivity contribution is 1.12. The smallest absolute Gasteiger partial charge is 0.229 e. The van der Waals surface area contributed by atoms with Crippen LogP contribution in [0.3, 0.4) is 0 Å². The number of nitrogens with two attached hydrogens (primary N) is 1. The molecule has 0 spiro atoms. The molecule has 3 N–H and O–H groups in total. The van der Waals surface area contributed by atoms with E-state index >= 15 is 0 Å². The molecule has 5 nitrogen and oxygen atoms in total. The summed E-state index contributed by atoms with van der Waals surface area (Å²) < 4.78 is 0. The van der Waals surface area contributed by atoms with E-state index in [4.69, 9.17) is 5.73 Å². The maximum absolute atomic E-state index is 5.61. The summed E-state index contributed by atoms with van der Waals surface area (Å²) in [6.07, 6.45) is 1.63. The molecule has 1 aromatic carbocycles. The first-order valence-electron chi connectivity index (χ1n) is 5.29. The van der Waals surface area contributed by atoms with Gasteiger partial charge in [-0.2, -0.15) is 4.98 Å². The predicted molar refractivity (Wildman–Crippen MR) is 70.5 cm³/mol. The van der Waals surface area contributed by atoms with Crippen molar-refractivity contribution >= 4 is 23.1 Å². The van der Waals surface area contributed by atoms with Gasteiger partial charge in [0.25, 0.3) is 0 Å². The number of hydrogen-bond donors (Lipinski definition) is 2. The third-order valence-electron chi connectivity index (χ3n) is 2.31. The van der Waals surface area contributed by atoms with Crippen molar-refractivity contribution in [3.63, 3.8) is 0 Å². The Labute approximate surface area is 100 Å².